The molecule has 0 bridgehead atoms. The lowest BCUT2D eigenvalue weighted by atomic mass is 10.0. The number of hydrogen-bond donors (Lipinski definition) is 1. The summed E-state index contributed by atoms with van der Waals surface area (Å²) in [5.41, 5.74) is -0.318. The van der Waals surface area contributed by atoms with Crippen molar-refractivity contribution in [2.24, 2.45) is 0 Å². The average Bonchev–Trinajstić information content (AvgIpc) is 2.38. The Bertz CT molecular complexity index is 545. The van der Waals surface area contributed by atoms with E-state index in [2.05, 4.69) is 5.32 Å². The summed E-state index contributed by atoms with van der Waals surface area (Å²) in [4.78, 5) is 25.6. The van der Waals surface area contributed by atoms with Crippen molar-refractivity contribution in [2.45, 2.75) is 25.8 Å². The van der Waals surface area contributed by atoms with Crippen molar-refractivity contribution in [2.75, 3.05) is 11.4 Å². The number of rotatable bonds is 1. The Morgan fingerprint density at radius 1 is 1.37 bits per heavy atom. The molecule has 1 aromatic rings. The lowest BCUT2D eigenvalue weighted by Crippen LogP contribution is -2.53. The Morgan fingerprint density at radius 3 is 2.68 bits per heavy atom. The minimum Gasteiger partial charge on any atom is -0.342 e. The van der Waals surface area contributed by atoms with Crippen LogP contribution in [0, 0.1) is 9.39 Å². The van der Waals surface area contributed by atoms with E-state index in [1.54, 1.807) is 24.8 Å². The highest BCUT2D eigenvalue weighted by molar-refractivity contribution is 14.1. The molecule has 102 valence electrons. The standard InChI is InChI=1S/C13H14FIN2O2/c1-13(2)12(19)17(6-5-11(18)16-13)10-4-3-8(14)7-9(10)15/h3-4,7H,5-6H2,1-2H3,(H,16,18). The van der Waals surface area contributed by atoms with Gasteiger partial charge >= 0.3 is 0 Å². The maximum absolute atomic E-state index is 13.1. The van der Waals surface area contributed by atoms with E-state index in [4.69, 9.17) is 0 Å². The summed E-state index contributed by atoms with van der Waals surface area (Å²) in [6.07, 6.45) is 0.239. The van der Waals surface area contributed by atoms with Crippen molar-refractivity contribution in [3.8, 4) is 0 Å². The summed E-state index contributed by atoms with van der Waals surface area (Å²) in [6, 6.07) is 4.26. The number of nitrogens with one attached hydrogen (secondary N) is 1. The average molecular weight is 376 g/mol. The molecular formula is C13H14FIN2O2. The van der Waals surface area contributed by atoms with Gasteiger partial charge in [0.2, 0.25) is 5.91 Å². The minimum atomic E-state index is -0.953. The second-order valence-electron chi connectivity index (χ2n) is 4.98. The van der Waals surface area contributed by atoms with E-state index in [9.17, 15) is 14.0 Å². The predicted molar refractivity (Wildman–Crippen MR) is 78.3 cm³/mol. The second kappa shape index (κ2) is 5.07. The topological polar surface area (TPSA) is 49.4 Å². The molecule has 1 saturated heterocycles. The monoisotopic (exact) mass is 376 g/mol. The second-order valence-corrected chi connectivity index (χ2v) is 6.14. The van der Waals surface area contributed by atoms with Crippen molar-refractivity contribution >= 4 is 40.1 Å². The maximum atomic E-state index is 13.1. The third kappa shape index (κ3) is 2.88. The summed E-state index contributed by atoms with van der Waals surface area (Å²) in [6.45, 7) is 3.64. The van der Waals surface area contributed by atoms with Crippen LogP contribution in [0.1, 0.15) is 20.3 Å². The van der Waals surface area contributed by atoms with Gasteiger partial charge in [-0.05, 0) is 54.6 Å². The van der Waals surface area contributed by atoms with E-state index < -0.39 is 5.54 Å². The molecule has 1 aliphatic rings. The largest absolute Gasteiger partial charge is 0.342 e. The van der Waals surface area contributed by atoms with Crippen molar-refractivity contribution in [3.05, 3.63) is 27.6 Å². The lowest BCUT2D eigenvalue weighted by Gasteiger charge is -2.29. The molecule has 1 heterocycles. The molecule has 1 fully saturated rings. The van der Waals surface area contributed by atoms with Gasteiger partial charge in [-0.25, -0.2) is 4.39 Å². The van der Waals surface area contributed by atoms with E-state index in [1.165, 1.54) is 12.1 Å². The molecule has 0 spiro atoms. The van der Waals surface area contributed by atoms with Gasteiger partial charge in [-0.15, -0.1) is 0 Å². The summed E-state index contributed by atoms with van der Waals surface area (Å²) >= 11 is 1.99. The van der Waals surface area contributed by atoms with Crippen LogP contribution in [-0.2, 0) is 9.59 Å². The van der Waals surface area contributed by atoms with Crippen molar-refractivity contribution < 1.29 is 14.0 Å². The zero-order valence-electron chi connectivity index (χ0n) is 10.7. The minimum absolute atomic E-state index is 0.155. The Labute approximate surface area is 124 Å². The number of nitrogens with zero attached hydrogens (tertiary/aromatic N) is 1. The fourth-order valence-electron chi connectivity index (χ4n) is 2.05. The SMILES string of the molecule is CC1(C)NC(=O)CCN(c2ccc(F)cc2I)C1=O. The fourth-order valence-corrected chi connectivity index (χ4v) is 2.82. The van der Waals surface area contributed by atoms with Gasteiger partial charge in [0.25, 0.3) is 5.91 Å². The zero-order valence-corrected chi connectivity index (χ0v) is 12.8. The number of halogens is 2. The van der Waals surface area contributed by atoms with Crippen LogP contribution in [-0.4, -0.2) is 23.9 Å². The van der Waals surface area contributed by atoms with Crippen molar-refractivity contribution in [3.63, 3.8) is 0 Å². The van der Waals surface area contributed by atoms with Gasteiger partial charge in [-0.1, -0.05) is 0 Å². The summed E-state index contributed by atoms with van der Waals surface area (Å²) in [5.74, 6) is -0.690. The third-order valence-corrected chi connectivity index (χ3v) is 3.86. The normalized spacial score (nSPS) is 19.1. The highest BCUT2D eigenvalue weighted by Gasteiger charge is 2.37. The number of carbonyl (C=O) groups excluding carboxylic acids is 2. The summed E-state index contributed by atoms with van der Waals surface area (Å²) < 4.78 is 13.8. The molecule has 2 rings (SSSR count). The Hall–Kier alpha value is -1.18. The first-order valence-electron chi connectivity index (χ1n) is 5.89. The van der Waals surface area contributed by atoms with Crippen LogP contribution in [0.25, 0.3) is 0 Å². The van der Waals surface area contributed by atoms with Crippen molar-refractivity contribution in [1.29, 1.82) is 0 Å². The van der Waals surface area contributed by atoms with Gasteiger partial charge in [-0.3, -0.25) is 9.59 Å². The first kappa shape index (κ1) is 14.2. The molecule has 0 unspecified atom stereocenters. The van der Waals surface area contributed by atoms with Crippen molar-refractivity contribution in [1.82, 2.24) is 5.32 Å². The summed E-state index contributed by atoms with van der Waals surface area (Å²) in [7, 11) is 0. The molecule has 1 aliphatic heterocycles. The van der Waals surface area contributed by atoms with Crippen LogP contribution in [0.2, 0.25) is 0 Å². The number of anilines is 1. The zero-order chi connectivity index (χ0) is 14.2. The third-order valence-electron chi connectivity index (χ3n) is 2.99. The maximum Gasteiger partial charge on any atom is 0.252 e. The molecule has 0 atom stereocenters. The number of amides is 2. The lowest BCUT2D eigenvalue weighted by molar-refractivity contribution is -0.128. The van der Waals surface area contributed by atoms with Gasteiger partial charge in [-0.2, -0.15) is 0 Å². The van der Waals surface area contributed by atoms with E-state index in [0.29, 0.717) is 15.8 Å². The van der Waals surface area contributed by atoms with Crippen LogP contribution >= 0.6 is 22.6 Å². The Kier molecular flexibility index (Phi) is 3.80. The first-order valence-corrected chi connectivity index (χ1v) is 6.97. The van der Waals surface area contributed by atoms with E-state index in [-0.39, 0.29) is 24.1 Å². The Balaban J connectivity index is 2.42. The molecule has 1 N–H and O–H groups in total. The van der Waals surface area contributed by atoms with Gasteiger partial charge in [0.05, 0.1) is 5.69 Å². The van der Waals surface area contributed by atoms with E-state index in [1.807, 2.05) is 22.6 Å². The van der Waals surface area contributed by atoms with Gasteiger partial charge in [0.15, 0.2) is 0 Å². The summed E-state index contributed by atoms with van der Waals surface area (Å²) in [5, 5.41) is 2.69. The van der Waals surface area contributed by atoms with Crippen LogP contribution in [0.5, 0.6) is 0 Å². The number of carbonyl (C=O) groups is 2. The molecule has 0 radical (unpaired) electrons. The molecule has 19 heavy (non-hydrogen) atoms. The van der Waals surface area contributed by atoms with E-state index in [0.717, 1.165) is 0 Å². The molecule has 2 amide bonds. The quantitative estimate of drug-likeness (QED) is 0.763. The van der Waals surface area contributed by atoms with Gasteiger partial charge in [0.1, 0.15) is 11.4 Å². The molecular weight excluding hydrogens is 362 g/mol. The highest BCUT2D eigenvalue weighted by atomic mass is 127. The molecule has 0 aliphatic carbocycles. The highest BCUT2D eigenvalue weighted by Crippen LogP contribution is 2.27. The first-order chi connectivity index (χ1) is 8.81. The number of hydrogen-bond acceptors (Lipinski definition) is 2. The van der Waals surface area contributed by atoms with Crippen LogP contribution in [0.4, 0.5) is 10.1 Å². The fraction of sp³-hybridized carbons (Fsp3) is 0.385. The molecule has 4 nitrogen and oxygen atoms in total. The molecule has 1 aromatic carbocycles. The predicted octanol–water partition coefficient (Wildman–Crippen LogP) is 2.06. The molecule has 0 aromatic heterocycles. The van der Waals surface area contributed by atoms with Gasteiger partial charge < -0.3 is 10.2 Å². The van der Waals surface area contributed by atoms with Crippen LogP contribution < -0.4 is 10.2 Å². The smallest absolute Gasteiger partial charge is 0.252 e. The molecule has 0 saturated carbocycles. The molecule has 6 heteroatoms. The number of benzene rings is 1. The Morgan fingerprint density at radius 2 is 2.05 bits per heavy atom. The van der Waals surface area contributed by atoms with E-state index >= 15 is 0 Å². The van der Waals surface area contributed by atoms with Crippen LogP contribution in [0.3, 0.4) is 0 Å². The van der Waals surface area contributed by atoms with Gasteiger partial charge in [0, 0.05) is 16.5 Å². The van der Waals surface area contributed by atoms with Crippen LogP contribution in [0.15, 0.2) is 18.2 Å².